The van der Waals surface area contributed by atoms with Crippen LogP contribution < -0.4 is 15.8 Å². The van der Waals surface area contributed by atoms with E-state index in [1.807, 2.05) is 18.2 Å². The Kier molecular flexibility index (Phi) is 6.41. The van der Waals surface area contributed by atoms with Gasteiger partial charge in [-0.3, -0.25) is 14.5 Å². The van der Waals surface area contributed by atoms with Crippen LogP contribution in [0.1, 0.15) is 36.0 Å². The standard InChI is InChI=1S/C21H22F3N3O2/c22-12-3-1-2-5-14-6-4-7-16(13-14)21(18(28)26-20(25)27-21)15-8-10-17(11-9-15)29-19(23)24/h4,6-11,13,19H,1-3,5,12H2,(H3,25,26,27,28). The van der Waals surface area contributed by atoms with Crippen LogP contribution in [0.3, 0.4) is 0 Å². The molecule has 0 saturated heterocycles. The second-order valence-electron chi connectivity index (χ2n) is 6.76. The largest absolute Gasteiger partial charge is 0.435 e. The van der Waals surface area contributed by atoms with Crippen LogP contribution in [0.4, 0.5) is 13.2 Å². The molecule has 0 radical (unpaired) electrons. The molecule has 5 nitrogen and oxygen atoms in total. The lowest BCUT2D eigenvalue weighted by Crippen LogP contribution is -2.39. The number of amides is 1. The van der Waals surface area contributed by atoms with Gasteiger partial charge in [-0.2, -0.15) is 8.78 Å². The van der Waals surface area contributed by atoms with Crippen molar-refractivity contribution < 1.29 is 22.7 Å². The first-order chi connectivity index (χ1) is 14.0. The van der Waals surface area contributed by atoms with E-state index in [1.165, 1.54) is 24.3 Å². The average molecular weight is 405 g/mol. The Morgan fingerprint density at radius 2 is 1.83 bits per heavy atom. The van der Waals surface area contributed by atoms with E-state index in [4.69, 9.17) is 5.73 Å². The summed E-state index contributed by atoms with van der Waals surface area (Å²) in [6.07, 6.45) is 2.88. The summed E-state index contributed by atoms with van der Waals surface area (Å²) in [6, 6.07) is 13.2. The number of nitrogens with two attached hydrogens (primary N) is 1. The van der Waals surface area contributed by atoms with Gasteiger partial charge >= 0.3 is 6.61 Å². The van der Waals surface area contributed by atoms with Crippen LogP contribution >= 0.6 is 0 Å². The summed E-state index contributed by atoms with van der Waals surface area (Å²) in [5, 5.41) is 2.53. The molecule has 154 valence electrons. The van der Waals surface area contributed by atoms with Crippen molar-refractivity contribution in [1.82, 2.24) is 5.32 Å². The van der Waals surface area contributed by atoms with Gasteiger partial charge in [-0.25, -0.2) is 4.99 Å². The minimum absolute atomic E-state index is 0.0174. The van der Waals surface area contributed by atoms with E-state index >= 15 is 0 Å². The summed E-state index contributed by atoms with van der Waals surface area (Å²) >= 11 is 0. The van der Waals surface area contributed by atoms with E-state index < -0.39 is 18.1 Å². The Morgan fingerprint density at radius 3 is 2.45 bits per heavy atom. The number of hydrogen-bond acceptors (Lipinski definition) is 4. The van der Waals surface area contributed by atoms with Crippen molar-refractivity contribution in [3.63, 3.8) is 0 Å². The molecular formula is C21H22F3N3O2. The zero-order valence-corrected chi connectivity index (χ0v) is 15.7. The monoisotopic (exact) mass is 405 g/mol. The number of guanidine groups is 1. The Balaban J connectivity index is 1.95. The molecule has 0 aromatic heterocycles. The average Bonchev–Trinajstić information content (AvgIpc) is 3.00. The second kappa shape index (κ2) is 8.98. The third kappa shape index (κ3) is 4.52. The maximum atomic E-state index is 12.9. The van der Waals surface area contributed by atoms with Crippen LogP contribution in [-0.4, -0.2) is 25.2 Å². The maximum absolute atomic E-state index is 12.9. The fraction of sp³-hybridized carbons (Fsp3) is 0.333. The molecule has 1 amide bonds. The van der Waals surface area contributed by atoms with Gasteiger partial charge in [0.2, 0.25) is 0 Å². The lowest BCUT2D eigenvalue weighted by atomic mass is 9.82. The minimum atomic E-state index is -2.94. The van der Waals surface area contributed by atoms with Crippen molar-refractivity contribution in [3.05, 3.63) is 65.2 Å². The Hall–Kier alpha value is -3.03. The van der Waals surface area contributed by atoms with Gasteiger partial charge in [0.1, 0.15) is 5.75 Å². The van der Waals surface area contributed by atoms with E-state index in [0.29, 0.717) is 17.5 Å². The molecular weight excluding hydrogens is 383 g/mol. The van der Waals surface area contributed by atoms with E-state index in [1.54, 1.807) is 6.07 Å². The van der Waals surface area contributed by atoms with E-state index in [2.05, 4.69) is 15.0 Å². The van der Waals surface area contributed by atoms with Gasteiger partial charge in [0.05, 0.1) is 6.67 Å². The molecule has 1 aliphatic rings. The summed E-state index contributed by atoms with van der Waals surface area (Å²) in [7, 11) is 0. The van der Waals surface area contributed by atoms with Crippen LogP contribution in [-0.2, 0) is 16.8 Å². The molecule has 0 fully saturated rings. The number of benzene rings is 2. The number of unbranched alkanes of at least 4 members (excludes halogenated alkanes) is 2. The fourth-order valence-corrected chi connectivity index (χ4v) is 3.45. The van der Waals surface area contributed by atoms with Gasteiger partial charge in [0.25, 0.3) is 5.91 Å². The van der Waals surface area contributed by atoms with Crippen LogP contribution in [0.2, 0.25) is 0 Å². The van der Waals surface area contributed by atoms with Crippen molar-refractivity contribution in [2.24, 2.45) is 10.7 Å². The third-order valence-corrected chi connectivity index (χ3v) is 4.80. The number of ether oxygens (including phenoxy) is 1. The molecule has 3 rings (SSSR count). The zero-order valence-electron chi connectivity index (χ0n) is 15.7. The van der Waals surface area contributed by atoms with Crippen LogP contribution in [0, 0.1) is 0 Å². The molecule has 29 heavy (non-hydrogen) atoms. The predicted molar refractivity (Wildman–Crippen MR) is 104 cm³/mol. The van der Waals surface area contributed by atoms with Crippen molar-refractivity contribution in [1.29, 1.82) is 0 Å². The number of nitrogens with zero attached hydrogens (tertiary/aromatic N) is 1. The van der Waals surface area contributed by atoms with E-state index in [-0.39, 0.29) is 18.4 Å². The van der Waals surface area contributed by atoms with Crippen molar-refractivity contribution in [2.45, 2.75) is 37.8 Å². The fourth-order valence-electron chi connectivity index (χ4n) is 3.45. The van der Waals surface area contributed by atoms with Gasteiger partial charge in [-0.05, 0) is 48.1 Å². The van der Waals surface area contributed by atoms with Crippen molar-refractivity contribution in [3.8, 4) is 5.75 Å². The Labute approximate surface area is 166 Å². The van der Waals surface area contributed by atoms with Gasteiger partial charge in [-0.1, -0.05) is 42.8 Å². The molecule has 1 unspecified atom stereocenters. The highest BCUT2D eigenvalue weighted by Gasteiger charge is 2.46. The number of nitrogens with one attached hydrogen (secondary N) is 1. The van der Waals surface area contributed by atoms with E-state index in [9.17, 15) is 18.0 Å². The minimum Gasteiger partial charge on any atom is -0.435 e. The van der Waals surface area contributed by atoms with Crippen molar-refractivity contribution in [2.75, 3.05) is 6.67 Å². The number of carbonyl (C=O) groups is 1. The highest BCUT2D eigenvalue weighted by Crippen LogP contribution is 2.38. The molecule has 1 aliphatic heterocycles. The molecule has 3 N–H and O–H groups in total. The van der Waals surface area contributed by atoms with Gasteiger partial charge in [0.15, 0.2) is 11.5 Å². The molecule has 2 aromatic rings. The summed E-state index contributed by atoms with van der Waals surface area (Å²) < 4.78 is 41.5. The first-order valence-electron chi connectivity index (χ1n) is 9.33. The molecule has 1 heterocycles. The van der Waals surface area contributed by atoms with E-state index in [0.717, 1.165) is 24.8 Å². The number of carbonyl (C=O) groups excluding carboxylic acids is 1. The molecule has 1 atom stereocenters. The molecule has 0 aliphatic carbocycles. The number of aliphatic imine (C=N–C) groups is 1. The van der Waals surface area contributed by atoms with Crippen molar-refractivity contribution >= 4 is 11.9 Å². The van der Waals surface area contributed by atoms with Gasteiger partial charge in [-0.15, -0.1) is 0 Å². The number of halogens is 3. The normalized spacial score (nSPS) is 18.6. The first-order valence-corrected chi connectivity index (χ1v) is 9.33. The Morgan fingerprint density at radius 1 is 1.07 bits per heavy atom. The summed E-state index contributed by atoms with van der Waals surface area (Å²) in [5.41, 5.74) is 6.45. The molecule has 0 spiro atoms. The quantitative estimate of drug-likeness (QED) is 0.625. The van der Waals surface area contributed by atoms with Gasteiger partial charge < -0.3 is 10.5 Å². The van der Waals surface area contributed by atoms with Gasteiger partial charge in [0, 0.05) is 0 Å². The topological polar surface area (TPSA) is 76.7 Å². The number of alkyl halides is 3. The molecule has 0 bridgehead atoms. The third-order valence-electron chi connectivity index (χ3n) is 4.80. The first kappa shape index (κ1) is 20.7. The number of rotatable bonds is 9. The maximum Gasteiger partial charge on any atom is 0.387 e. The summed E-state index contributed by atoms with van der Waals surface area (Å²) in [6.45, 7) is -3.27. The highest BCUT2D eigenvalue weighted by atomic mass is 19.3. The molecule has 0 saturated carbocycles. The number of aryl methyl sites for hydroxylation is 1. The highest BCUT2D eigenvalue weighted by molar-refractivity contribution is 6.09. The molecule has 2 aromatic carbocycles. The summed E-state index contributed by atoms with van der Waals surface area (Å²) in [4.78, 5) is 17.3. The number of hydrogen-bond donors (Lipinski definition) is 2. The molecule has 8 heteroatoms. The van der Waals surface area contributed by atoms with Crippen LogP contribution in [0.25, 0.3) is 0 Å². The zero-order chi connectivity index (χ0) is 20.9. The summed E-state index contributed by atoms with van der Waals surface area (Å²) in [5.74, 6) is -0.459. The Bertz CT molecular complexity index is 887. The lowest BCUT2D eigenvalue weighted by Gasteiger charge is -2.25. The SMILES string of the molecule is NC1=NC(c2ccc(OC(F)F)cc2)(c2cccc(CCCCCF)c2)C(=O)N1. The second-order valence-corrected chi connectivity index (χ2v) is 6.76. The van der Waals surface area contributed by atoms with Crippen LogP contribution in [0.5, 0.6) is 5.75 Å². The lowest BCUT2D eigenvalue weighted by molar-refractivity contribution is -0.122. The van der Waals surface area contributed by atoms with Crippen LogP contribution in [0.15, 0.2) is 53.5 Å². The smallest absolute Gasteiger partial charge is 0.387 e. The predicted octanol–water partition coefficient (Wildman–Crippen LogP) is 3.66.